The van der Waals surface area contributed by atoms with Crippen molar-refractivity contribution in [2.24, 2.45) is 11.7 Å². The Kier molecular flexibility index (Phi) is 8.26. The molecule has 1 saturated carbocycles. The molecule has 7 heteroatoms. The summed E-state index contributed by atoms with van der Waals surface area (Å²) < 4.78 is 0. The number of nitrogens with two attached hydrogens (primary N) is 1. The van der Waals surface area contributed by atoms with Gasteiger partial charge >= 0.3 is 0 Å². The standard InChI is InChI=1S/C20H30N4O3/c1-14(23-18(25)13-15-7-3-2-4-8-15)19(26)24-17-10-6-5-9-16(17)20(27)22-12-11-21/h5-6,9-10,14-15H,2-4,7-8,11-13,21H2,1H3,(H,22,27)(H,23,25)(H,24,26). The highest BCUT2D eigenvalue weighted by molar-refractivity contribution is 6.05. The summed E-state index contributed by atoms with van der Waals surface area (Å²) in [5.41, 5.74) is 6.17. The topological polar surface area (TPSA) is 113 Å². The fourth-order valence-electron chi connectivity index (χ4n) is 3.33. The second-order valence-electron chi connectivity index (χ2n) is 7.08. The largest absolute Gasteiger partial charge is 0.351 e. The molecule has 1 aliphatic carbocycles. The first-order valence-corrected chi connectivity index (χ1v) is 9.68. The Morgan fingerprint density at radius 1 is 1.15 bits per heavy atom. The van der Waals surface area contributed by atoms with E-state index in [4.69, 9.17) is 5.73 Å². The lowest BCUT2D eigenvalue weighted by Crippen LogP contribution is -2.42. The van der Waals surface area contributed by atoms with Crippen LogP contribution >= 0.6 is 0 Å². The summed E-state index contributed by atoms with van der Waals surface area (Å²) in [6, 6.07) is 6.07. The average molecular weight is 374 g/mol. The number of hydrogen-bond acceptors (Lipinski definition) is 4. The fourth-order valence-corrected chi connectivity index (χ4v) is 3.33. The zero-order valence-corrected chi connectivity index (χ0v) is 15.9. The molecular weight excluding hydrogens is 344 g/mol. The fraction of sp³-hybridized carbons (Fsp3) is 0.550. The Morgan fingerprint density at radius 2 is 1.85 bits per heavy atom. The summed E-state index contributed by atoms with van der Waals surface area (Å²) in [6.45, 7) is 2.34. The number of carbonyl (C=O) groups is 3. The summed E-state index contributed by atoms with van der Waals surface area (Å²) in [5.74, 6) is -0.337. The van der Waals surface area contributed by atoms with Gasteiger partial charge in [-0.1, -0.05) is 31.4 Å². The molecule has 1 aromatic carbocycles. The molecule has 7 nitrogen and oxygen atoms in total. The van der Waals surface area contributed by atoms with Crippen molar-refractivity contribution in [2.45, 2.75) is 51.5 Å². The molecule has 0 heterocycles. The SMILES string of the molecule is CC(NC(=O)CC1CCCCC1)C(=O)Nc1ccccc1C(=O)NCCN. The first-order valence-electron chi connectivity index (χ1n) is 9.68. The van der Waals surface area contributed by atoms with Gasteiger partial charge in [-0.15, -0.1) is 0 Å². The van der Waals surface area contributed by atoms with Gasteiger partial charge in [0.25, 0.3) is 5.91 Å². The molecule has 1 fully saturated rings. The third-order valence-corrected chi connectivity index (χ3v) is 4.83. The van der Waals surface area contributed by atoms with Crippen LogP contribution in [0.5, 0.6) is 0 Å². The van der Waals surface area contributed by atoms with Gasteiger partial charge in [0.15, 0.2) is 0 Å². The molecule has 0 bridgehead atoms. The van der Waals surface area contributed by atoms with Crippen LogP contribution in [-0.4, -0.2) is 36.9 Å². The highest BCUT2D eigenvalue weighted by atomic mass is 16.2. The first-order chi connectivity index (χ1) is 13.0. The van der Waals surface area contributed by atoms with Crippen molar-refractivity contribution >= 4 is 23.4 Å². The lowest BCUT2D eigenvalue weighted by Gasteiger charge is -2.22. The van der Waals surface area contributed by atoms with E-state index in [-0.39, 0.29) is 17.7 Å². The maximum absolute atomic E-state index is 12.5. The van der Waals surface area contributed by atoms with Gasteiger partial charge < -0.3 is 21.7 Å². The van der Waals surface area contributed by atoms with E-state index in [1.54, 1.807) is 31.2 Å². The normalized spacial score (nSPS) is 15.6. The molecule has 1 aliphatic rings. The minimum atomic E-state index is -0.679. The molecule has 0 aliphatic heterocycles. The number of anilines is 1. The van der Waals surface area contributed by atoms with E-state index in [9.17, 15) is 14.4 Å². The molecule has 148 valence electrons. The maximum Gasteiger partial charge on any atom is 0.253 e. The van der Waals surface area contributed by atoms with E-state index in [0.29, 0.717) is 36.7 Å². The van der Waals surface area contributed by atoms with Gasteiger partial charge in [0.1, 0.15) is 6.04 Å². The van der Waals surface area contributed by atoms with Crippen molar-refractivity contribution < 1.29 is 14.4 Å². The molecule has 1 unspecified atom stereocenters. The predicted molar refractivity (Wildman–Crippen MR) is 105 cm³/mol. The van der Waals surface area contributed by atoms with Gasteiger partial charge in [0, 0.05) is 19.5 Å². The Morgan fingerprint density at radius 3 is 2.56 bits per heavy atom. The minimum Gasteiger partial charge on any atom is -0.351 e. The van der Waals surface area contributed by atoms with Gasteiger partial charge in [-0.05, 0) is 37.8 Å². The number of rotatable bonds is 8. The zero-order valence-electron chi connectivity index (χ0n) is 15.9. The Balaban J connectivity index is 1.90. The summed E-state index contributed by atoms with van der Waals surface area (Å²) in [4.78, 5) is 36.8. The highest BCUT2D eigenvalue weighted by Crippen LogP contribution is 2.26. The molecule has 1 atom stereocenters. The van der Waals surface area contributed by atoms with Crippen molar-refractivity contribution in [3.63, 3.8) is 0 Å². The molecule has 0 radical (unpaired) electrons. The number of carbonyl (C=O) groups excluding carboxylic acids is 3. The molecule has 3 amide bonds. The van der Waals surface area contributed by atoms with Crippen LogP contribution in [0.1, 0.15) is 55.8 Å². The van der Waals surface area contributed by atoms with Crippen molar-refractivity contribution in [3.8, 4) is 0 Å². The third-order valence-electron chi connectivity index (χ3n) is 4.83. The molecule has 0 spiro atoms. The van der Waals surface area contributed by atoms with Crippen molar-refractivity contribution in [1.82, 2.24) is 10.6 Å². The molecule has 27 heavy (non-hydrogen) atoms. The van der Waals surface area contributed by atoms with E-state index in [1.807, 2.05) is 0 Å². The molecule has 5 N–H and O–H groups in total. The monoisotopic (exact) mass is 374 g/mol. The molecule has 1 aromatic rings. The summed E-state index contributed by atoms with van der Waals surface area (Å²) in [5, 5.41) is 8.18. The average Bonchev–Trinajstić information content (AvgIpc) is 2.67. The van der Waals surface area contributed by atoms with Gasteiger partial charge in [-0.2, -0.15) is 0 Å². The van der Waals surface area contributed by atoms with E-state index in [1.165, 1.54) is 19.3 Å². The summed E-state index contributed by atoms with van der Waals surface area (Å²) in [6.07, 6.45) is 6.23. The smallest absolute Gasteiger partial charge is 0.253 e. The molecular formula is C20H30N4O3. The lowest BCUT2D eigenvalue weighted by molar-refractivity contribution is -0.127. The number of hydrogen-bond donors (Lipinski definition) is 4. The quantitative estimate of drug-likeness (QED) is 0.555. The number of para-hydroxylation sites is 1. The number of amides is 3. The number of nitrogens with one attached hydrogen (secondary N) is 3. The van der Waals surface area contributed by atoms with Crippen LogP contribution in [0.4, 0.5) is 5.69 Å². The summed E-state index contributed by atoms with van der Waals surface area (Å²) in [7, 11) is 0. The second-order valence-corrected chi connectivity index (χ2v) is 7.08. The third kappa shape index (κ3) is 6.67. The van der Waals surface area contributed by atoms with Crippen LogP contribution in [-0.2, 0) is 9.59 Å². The predicted octanol–water partition coefficient (Wildman–Crippen LogP) is 1.79. The van der Waals surface area contributed by atoms with Gasteiger partial charge in [-0.3, -0.25) is 14.4 Å². The number of benzene rings is 1. The molecule has 0 aromatic heterocycles. The van der Waals surface area contributed by atoms with Gasteiger partial charge in [0.2, 0.25) is 11.8 Å². The first kappa shape index (κ1) is 20.9. The van der Waals surface area contributed by atoms with Crippen molar-refractivity contribution in [2.75, 3.05) is 18.4 Å². The zero-order chi connectivity index (χ0) is 19.6. The minimum absolute atomic E-state index is 0.0986. The summed E-state index contributed by atoms with van der Waals surface area (Å²) >= 11 is 0. The van der Waals surface area contributed by atoms with Crippen LogP contribution in [0.25, 0.3) is 0 Å². The van der Waals surface area contributed by atoms with E-state index in [0.717, 1.165) is 12.8 Å². The van der Waals surface area contributed by atoms with Crippen LogP contribution in [0.15, 0.2) is 24.3 Å². The second kappa shape index (κ2) is 10.7. The Hall–Kier alpha value is -2.41. The van der Waals surface area contributed by atoms with Crippen LogP contribution < -0.4 is 21.7 Å². The van der Waals surface area contributed by atoms with E-state index < -0.39 is 6.04 Å². The van der Waals surface area contributed by atoms with Crippen molar-refractivity contribution in [3.05, 3.63) is 29.8 Å². The molecule has 0 saturated heterocycles. The van der Waals surface area contributed by atoms with E-state index in [2.05, 4.69) is 16.0 Å². The van der Waals surface area contributed by atoms with Crippen LogP contribution in [0, 0.1) is 5.92 Å². The van der Waals surface area contributed by atoms with Gasteiger partial charge in [-0.25, -0.2) is 0 Å². The van der Waals surface area contributed by atoms with Gasteiger partial charge in [0.05, 0.1) is 11.3 Å². The van der Waals surface area contributed by atoms with Crippen LogP contribution in [0.2, 0.25) is 0 Å². The van der Waals surface area contributed by atoms with Crippen LogP contribution in [0.3, 0.4) is 0 Å². The Bertz CT molecular complexity index is 656. The van der Waals surface area contributed by atoms with Crippen molar-refractivity contribution in [1.29, 1.82) is 0 Å². The van der Waals surface area contributed by atoms with E-state index >= 15 is 0 Å². The maximum atomic E-state index is 12.5. The Labute approximate surface area is 160 Å². The lowest BCUT2D eigenvalue weighted by atomic mass is 9.87. The highest BCUT2D eigenvalue weighted by Gasteiger charge is 2.21. The molecule has 2 rings (SSSR count).